The molecule has 6 nitrogen and oxygen atoms in total. The van der Waals surface area contributed by atoms with Gasteiger partial charge in [-0.2, -0.15) is 0 Å². The van der Waals surface area contributed by atoms with Crippen LogP contribution in [0.15, 0.2) is 50.5 Å². The molecular formula is C18H13BrCl3N3O3S. The Kier molecular flexibility index (Phi) is 7.70. The largest absolute Gasteiger partial charge is 0.479 e. The van der Waals surface area contributed by atoms with Crippen LogP contribution in [0.4, 0.5) is 5.69 Å². The van der Waals surface area contributed by atoms with Crippen molar-refractivity contribution >= 4 is 74.1 Å². The Labute approximate surface area is 194 Å². The summed E-state index contributed by atoms with van der Waals surface area (Å²) in [5, 5.41) is 12.4. The number of carbonyl (C=O) groups excluding carboxylic acids is 1. The van der Waals surface area contributed by atoms with Gasteiger partial charge in [-0.05, 0) is 59.3 Å². The summed E-state index contributed by atoms with van der Waals surface area (Å²) in [4.78, 5) is 12.1. The van der Waals surface area contributed by atoms with Gasteiger partial charge in [0.15, 0.2) is 6.10 Å². The molecule has 11 heteroatoms. The van der Waals surface area contributed by atoms with E-state index in [0.29, 0.717) is 31.0 Å². The lowest BCUT2D eigenvalue weighted by Gasteiger charge is -2.12. The third-order valence-electron chi connectivity index (χ3n) is 3.50. The first-order valence-corrected chi connectivity index (χ1v) is 11.1. The normalized spacial score (nSPS) is 11.9. The highest BCUT2D eigenvalue weighted by molar-refractivity contribution is 9.10. The molecule has 0 aliphatic heterocycles. The van der Waals surface area contributed by atoms with Crippen LogP contribution in [-0.2, 0) is 4.79 Å². The lowest BCUT2D eigenvalue weighted by atomic mass is 10.3. The zero-order chi connectivity index (χ0) is 21.0. The summed E-state index contributed by atoms with van der Waals surface area (Å²) in [5.41, 5.74) is 0.625. The topological polar surface area (TPSA) is 77.2 Å². The zero-order valence-electron chi connectivity index (χ0n) is 14.8. The Balaban J connectivity index is 1.54. The second-order valence-electron chi connectivity index (χ2n) is 5.71. The molecule has 0 aliphatic carbocycles. The van der Waals surface area contributed by atoms with Crippen molar-refractivity contribution in [2.24, 2.45) is 0 Å². The molecule has 2 aromatic carbocycles. The second kappa shape index (κ2) is 10.0. The van der Waals surface area contributed by atoms with Crippen molar-refractivity contribution in [3.8, 4) is 5.75 Å². The highest BCUT2D eigenvalue weighted by atomic mass is 79.9. The number of benzene rings is 2. The summed E-state index contributed by atoms with van der Waals surface area (Å²) >= 11 is 22.3. The van der Waals surface area contributed by atoms with E-state index in [9.17, 15) is 4.79 Å². The second-order valence-corrected chi connectivity index (χ2v) is 8.74. The highest BCUT2D eigenvalue weighted by Crippen LogP contribution is 2.31. The number of aromatic nitrogens is 2. The Morgan fingerprint density at radius 3 is 2.72 bits per heavy atom. The maximum absolute atomic E-state index is 12.1. The van der Waals surface area contributed by atoms with Crippen LogP contribution in [0.25, 0.3) is 0 Å². The van der Waals surface area contributed by atoms with Crippen LogP contribution in [0.3, 0.4) is 0 Å². The summed E-state index contributed by atoms with van der Waals surface area (Å²) in [6, 6.07) is 10.0. The van der Waals surface area contributed by atoms with Crippen LogP contribution in [0.2, 0.25) is 15.1 Å². The monoisotopic (exact) mass is 535 g/mol. The third kappa shape index (κ3) is 6.26. The first-order valence-electron chi connectivity index (χ1n) is 8.14. The highest BCUT2D eigenvalue weighted by Gasteiger charge is 2.18. The number of carbonyl (C=O) groups is 1. The summed E-state index contributed by atoms with van der Waals surface area (Å²) in [7, 11) is 0. The van der Waals surface area contributed by atoms with E-state index in [1.54, 1.807) is 43.3 Å². The summed E-state index contributed by atoms with van der Waals surface area (Å²) < 4.78 is 12.0. The number of anilines is 1. The Bertz CT molecular complexity index is 1030. The van der Waals surface area contributed by atoms with Crippen LogP contribution in [0.1, 0.15) is 18.9 Å². The molecule has 0 radical (unpaired) electrons. The molecule has 0 spiro atoms. The number of nitrogens with zero attached hydrogens (tertiary/aromatic N) is 2. The minimum Gasteiger partial charge on any atom is -0.479 e. The van der Waals surface area contributed by atoms with Gasteiger partial charge in [0, 0.05) is 15.2 Å². The van der Waals surface area contributed by atoms with Crippen LogP contribution in [0.5, 0.6) is 5.75 Å². The van der Waals surface area contributed by atoms with Crippen LogP contribution < -0.4 is 10.1 Å². The van der Waals surface area contributed by atoms with Crippen LogP contribution in [0, 0.1) is 0 Å². The maximum atomic E-state index is 12.1. The predicted molar refractivity (Wildman–Crippen MR) is 118 cm³/mol. The molecule has 152 valence electrons. The fraction of sp³-hybridized carbons (Fsp3) is 0.167. The Morgan fingerprint density at radius 1 is 1.21 bits per heavy atom. The van der Waals surface area contributed by atoms with E-state index in [4.69, 9.17) is 44.0 Å². The van der Waals surface area contributed by atoms with Gasteiger partial charge in [0.1, 0.15) is 5.75 Å². The lowest BCUT2D eigenvalue weighted by Crippen LogP contribution is -2.13. The SMILES string of the molecule is C[C@@H](Oc1ccc(Cl)cc1Cl)c1nnc(SCC(=O)Nc2ccc(Cl)c(Br)c2)o1. The molecule has 3 aromatic rings. The molecule has 1 aromatic heterocycles. The molecule has 0 fully saturated rings. The maximum Gasteiger partial charge on any atom is 0.277 e. The van der Waals surface area contributed by atoms with Crippen molar-refractivity contribution in [1.29, 1.82) is 0 Å². The molecule has 0 saturated heterocycles. The quantitative estimate of drug-likeness (QED) is 0.340. The molecule has 3 rings (SSSR count). The van der Waals surface area contributed by atoms with Crippen molar-refractivity contribution in [2.75, 3.05) is 11.1 Å². The molecule has 1 atom stereocenters. The van der Waals surface area contributed by atoms with Gasteiger partial charge in [0.05, 0.1) is 15.8 Å². The number of amides is 1. The van der Waals surface area contributed by atoms with Gasteiger partial charge in [-0.15, -0.1) is 10.2 Å². The van der Waals surface area contributed by atoms with Gasteiger partial charge in [-0.3, -0.25) is 4.79 Å². The first-order chi connectivity index (χ1) is 13.8. The van der Waals surface area contributed by atoms with Gasteiger partial charge in [-0.25, -0.2) is 0 Å². The molecule has 29 heavy (non-hydrogen) atoms. The molecule has 1 N–H and O–H groups in total. The van der Waals surface area contributed by atoms with Crippen molar-refractivity contribution in [2.45, 2.75) is 18.3 Å². The number of hydrogen-bond donors (Lipinski definition) is 1. The number of ether oxygens (including phenoxy) is 1. The average Bonchev–Trinajstić information content (AvgIpc) is 3.14. The molecule has 1 amide bonds. The van der Waals surface area contributed by atoms with Crippen molar-refractivity contribution in [3.05, 3.63) is 61.8 Å². The van der Waals surface area contributed by atoms with E-state index in [-0.39, 0.29) is 22.8 Å². The van der Waals surface area contributed by atoms with Crippen molar-refractivity contribution in [1.82, 2.24) is 10.2 Å². The predicted octanol–water partition coefficient (Wildman–Crippen LogP) is 6.66. The average molecular weight is 538 g/mol. The Hall–Kier alpha value is -1.45. The van der Waals surface area contributed by atoms with Gasteiger partial charge >= 0.3 is 0 Å². The lowest BCUT2D eigenvalue weighted by molar-refractivity contribution is -0.113. The molecule has 0 saturated carbocycles. The van der Waals surface area contributed by atoms with E-state index in [1.807, 2.05) is 0 Å². The van der Waals surface area contributed by atoms with E-state index < -0.39 is 6.10 Å². The summed E-state index contributed by atoms with van der Waals surface area (Å²) in [6.45, 7) is 1.75. The molecule has 0 aliphatic rings. The summed E-state index contributed by atoms with van der Waals surface area (Å²) in [5.74, 6) is 0.589. The van der Waals surface area contributed by atoms with Crippen molar-refractivity contribution < 1.29 is 13.9 Å². The fourth-order valence-corrected chi connectivity index (χ4v) is 3.67. The van der Waals surface area contributed by atoms with Gasteiger partial charge in [-0.1, -0.05) is 46.6 Å². The van der Waals surface area contributed by atoms with Gasteiger partial charge < -0.3 is 14.5 Å². The molecule has 0 unspecified atom stereocenters. The van der Waals surface area contributed by atoms with E-state index in [2.05, 4.69) is 31.4 Å². The fourth-order valence-electron chi connectivity index (χ4n) is 2.15. The van der Waals surface area contributed by atoms with E-state index in [1.165, 1.54) is 0 Å². The number of thioether (sulfide) groups is 1. The standard InChI is InChI=1S/C18H13BrCl3N3O3S/c1-9(27-15-5-2-10(20)6-14(15)22)17-24-25-18(28-17)29-8-16(26)23-11-3-4-13(21)12(19)7-11/h2-7,9H,8H2,1H3,(H,23,26)/t9-/m1/s1. The summed E-state index contributed by atoms with van der Waals surface area (Å²) in [6.07, 6.45) is -0.532. The first kappa shape index (κ1) is 22.2. The number of nitrogens with one attached hydrogen (secondary N) is 1. The van der Waals surface area contributed by atoms with Crippen LogP contribution >= 0.6 is 62.5 Å². The smallest absolute Gasteiger partial charge is 0.277 e. The number of rotatable bonds is 7. The molecule has 1 heterocycles. The molecule has 0 bridgehead atoms. The van der Waals surface area contributed by atoms with Gasteiger partial charge in [0.2, 0.25) is 5.91 Å². The van der Waals surface area contributed by atoms with E-state index >= 15 is 0 Å². The van der Waals surface area contributed by atoms with E-state index in [0.717, 1.165) is 11.8 Å². The Morgan fingerprint density at radius 2 is 2.00 bits per heavy atom. The molecular weight excluding hydrogens is 525 g/mol. The van der Waals surface area contributed by atoms with Crippen LogP contribution in [-0.4, -0.2) is 21.9 Å². The minimum absolute atomic E-state index is 0.0974. The number of hydrogen-bond acceptors (Lipinski definition) is 6. The zero-order valence-corrected chi connectivity index (χ0v) is 19.5. The minimum atomic E-state index is -0.532. The number of halogens is 4. The third-order valence-corrected chi connectivity index (χ3v) is 6.06. The van der Waals surface area contributed by atoms with Crippen molar-refractivity contribution in [3.63, 3.8) is 0 Å². The van der Waals surface area contributed by atoms with Gasteiger partial charge in [0.25, 0.3) is 11.1 Å².